The summed E-state index contributed by atoms with van der Waals surface area (Å²) in [6, 6.07) is 2.24. The molecule has 1 amide bonds. The van der Waals surface area contributed by atoms with E-state index in [4.69, 9.17) is 4.74 Å². The van der Waals surface area contributed by atoms with Crippen LogP contribution in [-0.4, -0.2) is 71.3 Å². The van der Waals surface area contributed by atoms with Gasteiger partial charge in [-0.15, -0.1) is 0 Å². The van der Waals surface area contributed by atoms with Crippen LogP contribution in [0.25, 0.3) is 0 Å². The average Bonchev–Trinajstić information content (AvgIpc) is 3.24. The van der Waals surface area contributed by atoms with Crippen molar-refractivity contribution in [2.24, 2.45) is 11.8 Å². The number of hydrogen-bond donors (Lipinski definition) is 1. The Balaban J connectivity index is 1.48. The van der Waals surface area contributed by atoms with E-state index < -0.39 is 0 Å². The number of hydrogen-bond acceptors (Lipinski definition) is 4. The quantitative estimate of drug-likeness (QED) is 0.866. The van der Waals surface area contributed by atoms with Gasteiger partial charge in [-0.05, 0) is 32.0 Å². The maximum atomic E-state index is 12.5. The van der Waals surface area contributed by atoms with Crippen LogP contribution in [0, 0.1) is 11.8 Å². The molecule has 3 aliphatic rings. The van der Waals surface area contributed by atoms with Crippen molar-refractivity contribution in [3.8, 4) is 0 Å². The summed E-state index contributed by atoms with van der Waals surface area (Å²) in [7, 11) is 0. The minimum absolute atomic E-state index is 0.0714. The largest absolute Gasteiger partial charge is 0.379 e. The van der Waals surface area contributed by atoms with Crippen molar-refractivity contribution in [3.05, 3.63) is 18.0 Å². The van der Waals surface area contributed by atoms with Gasteiger partial charge >= 0.3 is 0 Å². The number of nitrogens with one attached hydrogen (secondary N) is 1. The number of rotatable bonds is 2. The van der Waals surface area contributed by atoms with Gasteiger partial charge in [0, 0.05) is 37.2 Å². The highest BCUT2D eigenvalue weighted by molar-refractivity contribution is 5.92. The van der Waals surface area contributed by atoms with Crippen molar-refractivity contribution in [1.82, 2.24) is 20.0 Å². The van der Waals surface area contributed by atoms with Gasteiger partial charge < -0.3 is 9.64 Å². The van der Waals surface area contributed by atoms with E-state index in [9.17, 15) is 4.79 Å². The van der Waals surface area contributed by atoms with Crippen LogP contribution in [0.5, 0.6) is 0 Å². The third-order valence-electron chi connectivity index (χ3n) is 5.23. The molecule has 0 radical (unpaired) electrons. The van der Waals surface area contributed by atoms with Crippen LogP contribution in [0.1, 0.15) is 23.3 Å². The zero-order chi connectivity index (χ0) is 14.2. The Morgan fingerprint density at radius 2 is 2.14 bits per heavy atom. The van der Waals surface area contributed by atoms with E-state index in [1.807, 2.05) is 4.90 Å². The first-order valence-corrected chi connectivity index (χ1v) is 7.93. The van der Waals surface area contributed by atoms with Crippen molar-refractivity contribution < 1.29 is 9.53 Å². The average molecular weight is 290 g/mol. The number of ether oxygens (including phenoxy) is 1. The van der Waals surface area contributed by atoms with E-state index in [1.54, 1.807) is 12.3 Å². The minimum atomic E-state index is 0.0714. The molecule has 4 heterocycles. The van der Waals surface area contributed by atoms with Crippen LogP contribution < -0.4 is 0 Å². The third kappa shape index (κ3) is 2.36. The molecule has 3 saturated heterocycles. The van der Waals surface area contributed by atoms with Gasteiger partial charge in [-0.3, -0.25) is 14.8 Å². The molecule has 0 spiro atoms. The van der Waals surface area contributed by atoms with E-state index >= 15 is 0 Å². The molecule has 3 fully saturated rings. The van der Waals surface area contributed by atoms with E-state index in [0.717, 1.165) is 26.3 Å². The fourth-order valence-electron chi connectivity index (χ4n) is 4.13. The summed E-state index contributed by atoms with van der Waals surface area (Å²) in [6.07, 6.45) is 4.22. The van der Waals surface area contributed by atoms with Crippen LogP contribution in [0.15, 0.2) is 12.3 Å². The summed E-state index contributed by atoms with van der Waals surface area (Å²) in [6.45, 7) is 5.66. The first-order chi connectivity index (χ1) is 10.3. The van der Waals surface area contributed by atoms with Gasteiger partial charge in [-0.1, -0.05) is 0 Å². The molecule has 1 N–H and O–H groups in total. The molecule has 114 valence electrons. The molecular formula is C15H22N4O2. The van der Waals surface area contributed by atoms with Crippen molar-refractivity contribution in [3.63, 3.8) is 0 Å². The zero-order valence-corrected chi connectivity index (χ0v) is 12.2. The SMILES string of the molecule is O=C(c1ccn[nH]1)N1C[C@@H]2COC[C@@H](N3CCCC3)[C@@H]2C1. The Bertz CT molecular complexity index is 498. The summed E-state index contributed by atoms with van der Waals surface area (Å²) in [4.78, 5) is 17.0. The second-order valence-corrected chi connectivity index (χ2v) is 6.45. The normalized spacial score (nSPS) is 33.3. The molecule has 3 aliphatic heterocycles. The third-order valence-corrected chi connectivity index (χ3v) is 5.23. The van der Waals surface area contributed by atoms with Gasteiger partial charge in [-0.25, -0.2) is 0 Å². The zero-order valence-electron chi connectivity index (χ0n) is 12.2. The number of carbonyl (C=O) groups is 1. The van der Waals surface area contributed by atoms with Gasteiger partial charge in [0.15, 0.2) is 0 Å². The van der Waals surface area contributed by atoms with Crippen molar-refractivity contribution in [2.75, 3.05) is 39.4 Å². The number of nitrogens with zero attached hydrogens (tertiary/aromatic N) is 3. The number of H-pyrrole nitrogens is 1. The summed E-state index contributed by atoms with van der Waals surface area (Å²) >= 11 is 0. The smallest absolute Gasteiger partial charge is 0.271 e. The Hall–Kier alpha value is -1.40. The predicted molar refractivity (Wildman–Crippen MR) is 76.9 cm³/mol. The number of aromatic nitrogens is 2. The van der Waals surface area contributed by atoms with Gasteiger partial charge in [0.25, 0.3) is 5.91 Å². The molecule has 21 heavy (non-hydrogen) atoms. The topological polar surface area (TPSA) is 61.5 Å². The number of aromatic amines is 1. The Kier molecular flexibility index (Phi) is 3.43. The van der Waals surface area contributed by atoms with Gasteiger partial charge in [0.05, 0.1) is 13.2 Å². The Morgan fingerprint density at radius 3 is 2.90 bits per heavy atom. The lowest BCUT2D eigenvalue weighted by molar-refractivity contribution is -0.0308. The summed E-state index contributed by atoms with van der Waals surface area (Å²) < 4.78 is 5.83. The lowest BCUT2D eigenvalue weighted by atomic mass is 9.87. The second-order valence-electron chi connectivity index (χ2n) is 6.45. The molecular weight excluding hydrogens is 268 g/mol. The Morgan fingerprint density at radius 1 is 1.29 bits per heavy atom. The number of fused-ring (bicyclic) bond motifs is 1. The first kappa shape index (κ1) is 13.3. The molecule has 0 saturated carbocycles. The van der Waals surface area contributed by atoms with Crippen molar-refractivity contribution in [1.29, 1.82) is 0 Å². The molecule has 6 nitrogen and oxygen atoms in total. The van der Waals surface area contributed by atoms with E-state index in [2.05, 4.69) is 15.1 Å². The maximum absolute atomic E-state index is 12.5. The van der Waals surface area contributed by atoms with Gasteiger partial charge in [-0.2, -0.15) is 5.10 Å². The predicted octanol–water partition coefficient (Wildman–Crippen LogP) is 0.592. The summed E-state index contributed by atoms with van der Waals surface area (Å²) in [5.41, 5.74) is 0.590. The highest BCUT2D eigenvalue weighted by Crippen LogP contribution is 2.34. The number of carbonyl (C=O) groups excluding carboxylic acids is 1. The minimum Gasteiger partial charge on any atom is -0.379 e. The van der Waals surface area contributed by atoms with Crippen LogP contribution in [0.3, 0.4) is 0 Å². The second kappa shape index (κ2) is 5.42. The number of amides is 1. The lowest BCUT2D eigenvalue weighted by Crippen LogP contribution is -2.49. The van der Waals surface area contributed by atoms with Gasteiger partial charge in [0.2, 0.25) is 0 Å². The Labute approximate surface area is 124 Å². The molecule has 3 atom stereocenters. The van der Waals surface area contributed by atoms with E-state index in [-0.39, 0.29) is 5.91 Å². The van der Waals surface area contributed by atoms with Crippen molar-refractivity contribution >= 4 is 5.91 Å². The van der Waals surface area contributed by atoms with Crippen LogP contribution in [-0.2, 0) is 4.74 Å². The standard InChI is InChI=1S/C15H22N4O2/c20-15(13-3-4-16-17-13)19-7-11-9-21-10-14(12(11)8-19)18-5-1-2-6-18/h3-4,11-12,14H,1-2,5-10H2,(H,16,17)/t11-,12-,14-/m1/s1. The lowest BCUT2D eigenvalue weighted by Gasteiger charge is -2.38. The van der Waals surface area contributed by atoms with E-state index in [1.165, 1.54) is 25.9 Å². The van der Waals surface area contributed by atoms with Crippen molar-refractivity contribution in [2.45, 2.75) is 18.9 Å². The highest BCUT2D eigenvalue weighted by Gasteiger charge is 2.45. The van der Waals surface area contributed by atoms with Crippen LogP contribution >= 0.6 is 0 Å². The maximum Gasteiger partial charge on any atom is 0.271 e. The molecule has 6 heteroatoms. The summed E-state index contributed by atoms with van der Waals surface area (Å²) in [5.74, 6) is 1.11. The molecule has 0 aromatic carbocycles. The molecule has 0 bridgehead atoms. The fraction of sp³-hybridized carbons (Fsp3) is 0.733. The molecule has 0 aliphatic carbocycles. The fourth-order valence-corrected chi connectivity index (χ4v) is 4.13. The summed E-state index contributed by atoms with van der Waals surface area (Å²) in [5, 5.41) is 6.66. The van der Waals surface area contributed by atoms with Gasteiger partial charge in [0.1, 0.15) is 5.69 Å². The van der Waals surface area contributed by atoms with E-state index in [0.29, 0.717) is 23.6 Å². The first-order valence-electron chi connectivity index (χ1n) is 7.93. The molecule has 1 aromatic rings. The molecule has 4 rings (SSSR count). The monoisotopic (exact) mass is 290 g/mol. The molecule has 0 unspecified atom stereocenters. The number of likely N-dealkylation sites (tertiary alicyclic amines) is 2. The van der Waals surface area contributed by atoms with Crippen LogP contribution in [0.4, 0.5) is 0 Å². The highest BCUT2D eigenvalue weighted by atomic mass is 16.5. The van der Waals surface area contributed by atoms with Crippen LogP contribution in [0.2, 0.25) is 0 Å². The molecule has 1 aromatic heterocycles.